The third kappa shape index (κ3) is 5.06. The normalized spacial score (nSPS) is 11.5. The number of nitrogens with one attached hydrogen (secondary N) is 2. The molecule has 0 unspecified atom stereocenters. The van der Waals surface area contributed by atoms with Crippen molar-refractivity contribution in [3.05, 3.63) is 65.3 Å². The summed E-state index contributed by atoms with van der Waals surface area (Å²) >= 11 is 5.96. The highest BCUT2D eigenvalue weighted by Gasteiger charge is 2.13. The molecule has 2 aromatic rings. The van der Waals surface area contributed by atoms with E-state index in [1.54, 1.807) is 30.3 Å². The molecule has 0 aliphatic heterocycles. The number of carbonyl (C=O) groups is 1. The average Bonchev–Trinajstić information content (AvgIpc) is 2.56. The van der Waals surface area contributed by atoms with E-state index in [0.29, 0.717) is 10.7 Å². The molecule has 1 amide bonds. The van der Waals surface area contributed by atoms with Crippen LogP contribution in [0, 0.1) is 11.3 Å². The molecule has 0 saturated carbocycles. The molecule has 0 aliphatic carbocycles. The predicted molar refractivity (Wildman–Crippen MR) is 93.7 cm³/mol. The van der Waals surface area contributed by atoms with Crippen molar-refractivity contribution in [2.75, 3.05) is 10.6 Å². The fourth-order valence-electron chi connectivity index (χ4n) is 1.81. The molecule has 9 heteroatoms. The van der Waals surface area contributed by atoms with Gasteiger partial charge in [-0.2, -0.15) is 13.7 Å². The summed E-state index contributed by atoms with van der Waals surface area (Å²) in [5.74, 6) is -0.755. The second kappa shape index (κ2) is 7.81. The van der Waals surface area contributed by atoms with Gasteiger partial charge in [-0.25, -0.2) is 0 Å². The molecule has 2 aromatic carbocycles. The van der Waals surface area contributed by atoms with Gasteiger partial charge in [-0.3, -0.25) is 9.35 Å². The van der Waals surface area contributed by atoms with Gasteiger partial charge in [-0.05, 0) is 30.3 Å². The summed E-state index contributed by atoms with van der Waals surface area (Å²) in [6.45, 7) is 0. The smallest absolute Gasteiger partial charge is 0.294 e. The topological polar surface area (TPSA) is 119 Å². The number of carbonyl (C=O) groups excluding carboxylic acids is 1. The molecule has 7 nitrogen and oxygen atoms in total. The zero-order valence-electron chi connectivity index (χ0n) is 12.6. The SMILES string of the molecule is N#C/C(=C/Nc1ccccc1Cl)C(=O)Nc1cccc(S(=O)(=O)O)c1. The number of rotatable bonds is 5. The van der Waals surface area contributed by atoms with Gasteiger partial charge in [0.05, 0.1) is 15.6 Å². The Kier molecular flexibility index (Phi) is 5.77. The fraction of sp³-hybridized carbons (Fsp3) is 0. The summed E-state index contributed by atoms with van der Waals surface area (Å²) in [6.07, 6.45) is 1.18. The van der Waals surface area contributed by atoms with Crippen LogP contribution in [0.5, 0.6) is 0 Å². The summed E-state index contributed by atoms with van der Waals surface area (Å²) in [4.78, 5) is 11.8. The molecule has 128 valence electrons. The van der Waals surface area contributed by atoms with Gasteiger partial charge in [0, 0.05) is 11.9 Å². The molecular weight excluding hydrogens is 366 g/mol. The van der Waals surface area contributed by atoms with E-state index in [2.05, 4.69) is 10.6 Å². The van der Waals surface area contributed by atoms with Gasteiger partial charge in [0.15, 0.2) is 0 Å². The Morgan fingerprint density at radius 2 is 1.92 bits per heavy atom. The predicted octanol–water partition coefficient (Wildman–Crippen LogP) is 3.04. The lowest BCUT2D eigenvalue weighted by molar-refractivity contribution is -0.112. The van der Waals surface area contributed by atoms with Crippen molar-refractivity contribution in [1.29, 1.82) is 5.26 Å². The number of hydrogen-bond acceptors (Lipinski definition) is 5. The lowest BCUT2D eigenvalue weighted by Gasteiger charge is -2.07. The maximum atomic E-state index is 12.1. The lowest BCUT2D eigenvalue weighted by atomic mass is 10.2. The van der Waals surface area contributed by atoms with Crippen LogP contribution in [0.25, 0.3) is 0 Å². The van der Waals surface area contributed by atoms with Gasteiger partial charge in [0.25, 0.3) is 16.0 Å². The van der Waals surface area contributed by atoms with Crippen molar-refractivity contribution in [3.8, 4) is 6.07 Å². The minimum atomic E-state index is -4.40. The molecule has 25 heavy (non-hydrogen) atoms. The Morgan fingerprint density at radius 3 is 2.56 bits per heavy atom. The zero-order chi connectivity index (χ0) is 18.4. The summed E-state index contributed by atoms with van der Waals surface area (Å²) in [5, 5.41) is 14.7. The van der Waals surface area contributed by atoms with E-state index in [-0.39, 0.29) is 16.2 Å². The van der Waals surface area contributed by atoms with Crippen LogP contribution in [0.4, 0.5) is 11.4 Å². The van der Waals surface area contributed by atoms with Crippen molar-refractivity contribution < 1.29 is 17.8 Å². The molecule has 0 bridgehead atoms. The fourth-order valence-corrected chi connectivity index (χ4v) is 2.53. The number of halogens is 1. The van der Waals surface area contributed by atoms with Crippen LogP contribution in [0.3, 0.4) is 0 Å². The van der Waals surface area contributed by atoms with Crippen molar-refractivity contribution in [2.45, 2.75) is 4.90 Å². The van der Waals surface area contributed by atoms with Crippen molar-refractivity contribution >= 4 is 39.0 Å². The van der Waals surface area contributed by atoms with E-state index in [0.717, 1.165) is 6.07 Å². The highest BCUT2D eigenvalue weighted by molar-refractivity contribution is 7.85. The van der Waals surface area contributed by atoms with Crippen LogP contribution in [-0.4, -0.2) is 18.9 Å². The second-order valence-electron chi connectivity index (χ2n) is 4.75. The van der Waals surface area contributed by atoms with E-state index < -0.39 is 16.0 Å². The molecule has 0 atom stereocenters. The minimum Gasteiger partial charge on any atom is -0.359 e. The Labute approximate surface area is 149 Å². The van der Waals surface area contributed by atoms with E-state index in [1.807, 2.05) is 0 Å². The number of nitriles is 1. The number of nitrogens with zero attached hydrogens (tertiary/aromatic N) is 1. The quantitative estimate of drug-likeness (QED) is 0.418. The van der Waals surface area contributed by atoms with Crippen LogP contribution in [0.1, 0.15) is 0 Å². The molecular formula is C16H12ClN3O4S. The Hall–Kier alpha value is -2.86. The van der Waals surface area contributed by atoms with Gasteiger partial charge in [-0.1, -0.05) is 29.8 Å². The highest BCUT2D eigenvalue weighted by Crippen LogP contribution is 2.21. The lowest BCUT2D eigenvalue weighted by Crippen LogP contribution is -2.15. The van der Waals surface area contributed by atoms with E-state index in [1.165, 1.54) is 24.4 Å². The second-order valence-corrected chi connectivity index (χ2v) is 6.58. The van der Waals surface area contributed by atoms with Crippen LogP contribution >= 0.6 is 11.6 Å². The van der Waals surface area contributed by atoms with E-state index >= 15 is 0 Å². The molecule has 0 aromatic heterocycles. The third-order valence-electron chi connectivity index (χ3n) is 3.00. The minimum absolute atomic E-state index is 0.110. The summed E-state index contributed by atoms with van der Waals surface area (Å²) in [7, 11) is -4.40. The molecule has 0 aliphatic rings. The van der Waals surface area contributed by atoms with Crippen LogP contribution in [0.15, 0.2) is 65.2 Å². The standard InChI is InChI=1S/C16H12ClN3O4S/c17-14-6-1-2-7-15(14)19-10-11(9-18)16(21)20-12-4-3-5-13(8-12)25(22,23)24/h1-8,10,19H,(H,20,21)(H,22,23,24)/b11-10-. The Morgan fingerprint density at radius 1 is 1.20 bits per heavy atom. The maximum absolute atomic E-state index is 12.1. The van der Waals surface area contributed by atoms with Crippen LogP contribution in [-0.2, 0) is 14.9 Å². The number of para-hydroxylation sites is 1. The molecule has 0 spiro atoms. The van der Waals surface area contributed by atoms with Gasteiger partial charge in [-0.15, -0.1) is 0 Å². The summed E-state index contributed by atoms with van der Waals surface area (Å²) in [5.41, 5.74) is 0.370. The largest absolute Gasteiger partial charge is 0.359 e. The molecule has 0 radical (unpaired) electrons. The van der Waals surface area contributed by atoms with Gasteiger partial charge in [0.2, 0.25) is 0 Å². The van der Waals surface area contributed by atoms with Gasteiger partial charge in [0.1, 0.15) is 11.6 Å². The third-order valence-corrected chi connectivity index (χ3v) is 4.18. The number of amides is 1. The van der Waals surface area contributed by atoms with Crippen LogP contribution < -0.4 is 10.6 Å². The van der Waals surface area contributed by atoms with Crippen LogP contribution in [0.2, 0.25) is 5.02 Å². The average molecular weight is 378 g/mol. The monoisotopic (exact) mass is 377 g/mol. The summed E-state index contributed by atoms with van der Waals surface area (Å²) in [6, 6.07) is 13.5. The Bertz CT molecular complexity index is 981. The molecule has 0 saturated heterocycles. The number of hydrogen-bond donors (Lipinski definition) is 3. The zero-order valence-corrected chi connectivity index (χ0v) is 14.2. The first-order valence-corrected chi connectivity index (χ1v) is 8.63. The summed E-state index contributed by atoms with van der Waals surface area (Å²) < 4.78 is 31.2. The Balaban J connectivity index is 2.17. The molecule has 3 N–H and O–H groups in total. The number of anilines is 2. The first kappa shape index (κ1) is 18.5. The highest BCUT2D eigenvalue weighted by atomic mass is 35.5. The first-order chi connectivity index (χ1) is 11.8. The molecule has 2 rings (SSSR count). The van der Waals surface area contributed by atoms with Gasteiger partial charge >= 0.3 is 0 Å². The van der Waals surface area contributed by atoms with E-state index in [9.17, 15) is 13.2 Å². The molecule has 0 fully saturated rings. The van der Waals surface area contributed by atoms with Gasteiger partial charge < -0.3 is 10.6 Å². The van der Waals surface area contributed by atoms with Crippen molar-refractivity contribution in [2.24, 2.45) is 0 Å². The first-order valence-electron chi connectivity index (χ1n) is 6.81. The number of benzene rings is 2. The molecule has 0 heterocycles. The van der Waals surface area contributed by atoms with Crippen molar-refractivity contribution in [3.63, 3.8) is 0 Å². The maximum Gasteiger partial charge on any atom is 0.294 e. The van der Waals surface area contributed by atoms with Crippen molar-refractivity contribution in [1.82, 2.24) is 0 Å². The van der Waals surface area contributed by atoms with E-state index in [4.69, 9.17) is 21.4 Å².